The van der Waals surface area contributed by atoms with E-state index in [1.165, 1.54) is 5.56 Å². The van der Waals surface area contributed by atoms with Crippen molar-refractivity contribution >= 4 is 17.6 Å². The van der Waals surface area contributed by atoms with E-state index in [0.29, 0.717) is 10.6 Å². The fraction of sp³-hybridized carbons (Fsp3) is 0.133. The maximum Gasteiger partial charge on any atom is 0.307 e. The Hall–Kier alpha value is -1.80. The van der Waals surface area contributed by atoms with Crippen LogP contribution in [0.15, 0.2) is 42.5 Å². The van der Waals surface area contributed by atoms with Gasteiger partial charge in [0.15, 0.2) is 0 Å². The number of halogens is 1. The molecule has 0 radical (unpaired) electrons. The minimum absolute atomic E-state index is 0.0570. The first-order valence-electron chi connectivity index (χ1n) is 5.63. The second-order valence-electron chi connectivity index (χ2n) is 4.24. The highest BCUT2D eigenvalue weighted by atomic mass is 35.5. The first-order chi connectivity index (χ1) is 8.56. The van der Waals surface area contributed by atoms with Gasteiger partial charge in [-0.3, -0.25) is 4.79 Å². The van der Waals surface area contributed by atoms with Crippen molar-refractivity contribution in [3.63, 3.8) is 0 Å². The molecule has 2 nitrogen and oxygen atoms in total. The lowest BCUT2D eigenvalue weighted by atomic mass is 10.0. The predicted octanol–water partition coefficient (Wildman–Crippen LogP) is 3.94. The van der Waals surface area contributed by atoms with Gasteiger partial charge >= 0.3 is 5.97 Å². The van der Waals surface area contributed by atoms with E-state index in [1.54, 1.807) is 6.07 Å². The van der Waals surface area contributed by atoms with Crippen LogP contribution in [-0.4, -0.2) is 11.1 Å². The van der Waals surface area contributed by atoms with Crippen molar-refractivity contribution in [2.24, 2.45) is 0 Å². The van der Waals surface area contributed by atoms with Crippen molar-refractivity contribution in [3.8, 4) is 11.1 Å². The third kappa shape index (κ3) is 2.90. The summed E-state index contributed by atoms with van der Waals surface area (Å²) in [4.78, 5) is 10.8. The summed E-state index contributed by atoms with van der Waals surface area (Å²) in [5.41, 5.74) is 3.88. The van der Waals surface area contributed by atoms with Gasteiger partial charge in [-0.05, 0) is 35.7 Å². The standard InChI is InChI=1S/C15H13ClO2/c1-10-2-4-11(5-3-10)12-6-7-14(16)13(8-12)9-15(17)18/h2-8H,9H2,1H3,(H,17,18). The van der Waals surface area contributed by atoms with Gasteiger partial charge in [-0.2, -0.15) is 0 Å². The highest BCUT2D eigenvalue weighted by Gasteiger charge is 2.07. The summed E-state index contributed by atoms with van der Waals surface area (Å²) in [6, 6.07) is 13.6. The number of benzene rings is 2. The maximum atomic E-state index is 10.8. The van der Waals surface area contributed by atoms with E-state index >= 15 is 0 Å². The third-order valence-corrected chi connectivity index (χ3v) is 3.14. The van der Waals surface area contributed by atoms with Gasteiger partial charge in [0.1, 0.15) is 0 Å². The zero-order valence-electron chi connectivity index (χ0n) is 9.98. The summed E-state index contributed by atoms with van der Waals surface area (Å²) in [6.07, 6.45) is -0.0570. The molecule has 18 heavy (non-hydrogen) atoms. The van der Waals surface area contributed by atoms with E-state index in [4.69, 9.17) is 16.7 Å². The van der Waals surface area contributed by atoms with Crippen LogP contribution in [0.25, 0.3) is 11.1 Å². The number of aryl methyl sites for hydroxylation is 1. The van der Waals surface area contributed by atoms with Crippen molar-refractivity contribution in [2.45, 2.75) is 13.3 Å². The summed E-state index contributed by atoms with van der Waals surface area (Å²) < 4.78 is 0. The second-order valence-corrected chi connectivity index (χ2v) is 4.65. The largest absolute Gasteiger partial charge is 0.481 e. The molecule has 0 saturated carbocycles. The molecule has 0 bridgehead atoms. The van der Waals surface area contributed by atoms with E-state index in [1.807, 2.05) is 43.3 Å². The van der Waals surface area contributed by atoms with Crippen LogP contribution in [-0.2, 0) is 11.2 Å². The van der Waals surface area contributed by atoms with Crippen LogP contribution in [0.3, 0.4) is 0 Å². The first kappa shape index (κ1) is 12.7. The summed E-state index contributed by atoms with van der Waals surface area (Å²) in [5, 5.41) is 9.32. The molecule has 2 rings (SSSR count). The van der Waals surface area contributed by atoms with Crippen LogP contribution in [0.1, 0.15) is 11.1 Å². The Kier molecular flexibility index (Phi) is 3.68. The molecule has 0 fully saturated rings. The van der Waals surface area contributed by atoms with E-state index in [9.17, 15) is 4.79 Å². The van der Waals surface area contributed by atoms with Crippen molar-refractivity contribution in [1.29, 1.82) is 0 Å². The van der Waals surface area contributed by atoms with Gasteiger partial charge in [0, 0.05) is 5.02 Å². The Balaban J connectivity index is 2.40. The van der Waals surface area contributed by atoms with Gasteiger partial charge in [0.05, 0.1) is 6.42 Å². The van der Waals surface area contributed by atoms with Gasteiger partial charge in [0.25, 0.3) is 0 Å². The Morgan fingerprint density at radius 2 is 1.72 bits per heavy atom. The Morgan fingerprint density at radius 1 is 1.11 bits per heavy atom. The molecule has 0 unspecified atom stereocenters. The van der Waals surface area contributed by atoms with Crippen LogP contribution >= 0.6 is 11.6 Å². The van der Waals surface area contributed by atoms with Gasteiger partial charge < -0.3 is 5.11 Å². The van der Waals surface area contributed by atoms with Crippen LogP contribution in [0.2, 0.25) is 5.02 Å². The van der Waals surface area contributed by atoms with E-state index in [2.05, 4.69) is 0 Å². The molecular weight excluding hydrogens is 248 g/mol. The van der Waals surface area contributed by atoms with Crippen molar-refractivity contribution in [3.05, 3.63) is 58.6 Å². The number of hydrogen-bond acceptors (Lipinski definition) is 1. The number of carbonyl (C=O) groups is 1. The molecule has 0 heterocycles. The second kappa shape index (κ2) is 5.23. The number of aliphatic carboxylic acids is 1. The molecule has 0 aromatic heterocycles. The van der Waals surface area contributed by atoms with Gasteiger partial charge in [-0.25, -0.2) is 0 Å². The molecular formula is C15H13ClO2. The number of carboxylic acids is 1. The summed E-state index contributed by atoms with van der Waals surface area (Å²) in [7, 11) is 0. The van der Waals surface area contributed by atoms with E-state index < -0.39 is 5.97 Å². The lowest BCUT2D eigenvalue weighted by molar-refractivity contribution is -0.136. The molecule has 0 spiro atoms. The fourth-order valence-electron chi connectivity index (χ4n) is 1.80. The van der Waals surface area contributed by atoms with E-state index in [-0.39, 0.29) is 6.42 Å². The zero-order valence-corrected chi connectivity index (χ0v) is 10.7. The molecule has 1 N–H and O–H groups in total. The minimum atomic E-state index is -0.877. The molecule has 0 atom stereocenters. The third-order valence-electron chi connectivity index (χ3n) is 2.77. The topological polar surface area (TPSA) is 37.3 Å². The zero-order chi connectivity index (χ0) is 13.1. The number of carboxylic acid groups (broad SMARTS) is 1. The number of hydrogen-bond donors (Lipinski definition) is 1. The molecule has 0 aliphatic rings. The van der Waals surface area contributed by atoms with Gasteiger partial charge in [-0.1, -0.05) is 47.5 Å². The quantitative estimate of drug-likeness (QED) is 0.908. The lowest BCUT2D eigenvalue weighted by Gasteiger charge is -2.06. The van der Waals surface area contributed by atoms with Gasteiger partial charge in [0.2, 0.25) is 0 Å². The van der Waals surface area contributed by atoms with E-state index in [0.717, 1.165) is 11.1 Å². The molecule has 0 aliphatic heterocycles. The fourth-order valence-corrected chi connectivity index (χ4v) is 1.98. The maximum absolute atomic E-state index is 10.8. The van der Waals surface area contributed by atoms with Crippen LogP contribution in [0, 0.1) is 6.92 Å². The monoisotopic (exact) mass is 260 g/mol. The molecule has 0 amide bonds. The molecule has 0 saturated heterocycles. The molecule has 2 aromatic carbocycles. The normalized spacial score (nSPS) is 10.3. The lowest BCUT2D eigenvalue weighted by Crippen LogP contribution is -2.00. The smallest absolute Gasteiger partial charge is 0.307 e. The van der Waals surface area contributed by atoms with Gasteiger partial charge in [-0.15, -0.1) is 0 Å². The van der Waals surface area contributed by atoms with Crippen molar-refractivity contribution in [1.82, 2.24) is 0 Å². The highest BCUT2D eigenvalue weighted by Crippen LogP contribution is 2.25. The highest BCUT2D eigenvalue weighted by molar-refractivity contribution is 6.31. The average Bonchev–Trinajstić information content (AvgIpc) is 2.32. The minimum Gasteiger partial charge on any atom is -0.481 e. The van der Waals surface area contributed by atoms with Crippen molar-refractivity contribution in [2.75, 3.05) is 0 Å². The summed E-state index contributed by atoms with van der Waals surface area (Å²) in [6.45, 7) is 2.03. The molecule has 92 valence electrons. The molecule has 0 aliphatic carbocycles. The number of rotatable bonds is 3. The van der Waals surface area contributed by atoms with Crippen LogP contribution in [0.4, 0.5) is 0 Å². The Morgan fingerprint density at radius 3 is 2.33 bits per heavy atom. The molecule has 3 heteroatoms. The van der Waals surface area contributed by atoms with Crippen molar-refractivity contribution < 1.29 is 9.90 Å². The SMILES string of the molecule is Cc1ccc(-c2ccc(Cl)c(CC(=O)O)c2)cc1. The average molecular weight is 261 g/mol. The summed E-state index contributed by atoms with van der Waals surface area (Å²) >= 11 is 5.99. The van der Waals surface area contributed by atoms with Crippen LogP contribution < -0.4 is 0 Å². The Labute approximate surface area is 111 Å². The molecule has 2 aromatic rings. The predicted molar refractivity (Wildman–Crippen MR) is 73.0 cm³/mol. The first-order valence-corrected chi connectivity index (χ1v) is 6.01. The Bertz CT molecular complexity index is 574. The summed E-state index contributed by atoms with van der Waals surface area (Å²) in [5.74, 6) is -0.877. The van der Waals surface area contributed by atoms with Crippen LogP contribution in [0.5, 0.6) is 0 Å².